The fourth-order valence-corrected chi connectivity index (χ4v) is 3.00. The summed E-state index contributed by atoms with van der Waals surface area (Å²) in [5.74, 6) is 0.541. The highest BCUT2D eigenvalue weighted by Gasteiger charge is 2.32. The van der Waals surface area contributed by atoms with Crippen LogP contribution in [-0.4, -0.2) is 50.2 Å². The van der Waals surface area contributed by atoms with Crippen LogP contribution >= 0.6 is 0 Å². The monoisotopic (exact) mass is 362 g/mol. The lowest BCUT2D eigenvalue weighted by Gasteiger charge is -2.22. The molecule has 2 aliphatic heterocycles. The predicted octanol–water partition coefficient (Wildman–Crippen LogP) is 1.02. The lowest BCUT2D eigenvalue weighted by atomic mass is 10.2. The molecule has 0 saturated carbocycles. The zero-order valence-electron chi connectivity index (χ0n) is 14.7. The molecule has 1 aromatic rings. The Balaban J connectivity index is 1.55. The van der Waals surface area contributed by atoms with Crippen LogP contribution in [-0.2, 0) is 19.1 Å². The summed E-state index contributed by atoms with van der Waals surface area (Å²) in [6.07, 6.45) is 0.305. The van der Waals surface area contributed by atoms with Gasteiger partial charge in [-0.05, 0) is 19.1 Å². The number of ether oxygens (including phenoxy) is 3. The highest BCUT2D eigenvalue weighted by atomic mass is 16.6. The van der Waals surface area contributed by atoms with Gasteiger partial charge < -0.3 is 24.4 Å². The third kappa shape index (κ3) is 4.25. The van der Waals surface area contributed by atoms with Gasteiger partial charge in [0.05, 0.1) is 19.1 Å². The Morgan fingerprint density at radius 2 is 2.00 bits per heavy atom. The topological polar surface area (TPSA) is 94.2 Å². The number of amides is 2. The molecule has 0 spiro atoms. The third-order valence-corrected chi connectivity index (χ3v) is 4.19. The van der Waals surface area contributed by atoms with Crippen LogP contribution in [0.1, 0.15) is 26.2 Å². The highest BCUT2D eigenvalue weighted by molar-refractivity contribution is 5.97. The Bertz CT molecular complexity index is 705. The molecular weight excluding hydrogens is 340 g/mol. The van der Waals surface area contributed by atoms with E-state index in [0.29, 0.717) is 43.6 Å². The first kappa shape index (κ1) is 18.0. The summed E-state index contributed by atoms with van der Waals surface area (Å²) in [5.41, 5.74) is 0.711. The van der Waals surface area contributed by atoms with Gasteiger partial charge >= 0.3 is 5.97 Å². The van der Waals surface area contributed by atoms with Gasteiger partial charge in [0.2, 0.25) is 11.8 Å². The molecule has 0 radical (unpaired) electrons. The van der Waals surface area contributed by atoms with Gasteiger partial charge in [-0.25, -0.2) is 0 Å². The maximum Gasteiger partial charge on any atom is 0.306 e. The van der Waals surface area contributed by atoms with Crippen molar-refractivity contribution < 1.29 is 28.6 Å². The number of esters is 1. The summed E-state index contributed by atoms with van der Waals surface area (Å²) >= 11 is 0. The second-order valence-electron chi connectivity index (χ2n) is 6.11. The van der Waals surface area contributed by atoms with Crippen LogP contribution in [0.3, 0.4) is 0 Å². The molecule has 1 aromatic carbocycles. The Morgan fingerprint density at radius 3 is 2.77 bits per heavy atom. The second-order valence-corrected chi connectivity index (χ2v) is 6.11. The summed E-state index contributed by atoms with van der Waals surface area (Å²) in [5, 5.41) is 2.80. The average Bonchev–Trinajstić information content (AvgIpc) is 3.00. The van der Waals surface area contributed by atoms with Crippen LogP contribution in [0.4, 0.5) is 5.69 Å². The Morgan fingerprint density at radius 1 is 1.23 bits per heavy atom. The zero-order chi connectivity index (χ0) is 18.5. The van der Waals surface area contributed by atoms with E-state index >= 15 is 0 Å². The van der Waals surface area contributed by atoms with E-state index in [0.717, 1.165) is 0 Å². The molecule has 140 valence electrons. The summed E-state index contributed by atoms with van der Waals surface area (Å²) < 4.78 is 15.8. The maximum atomic E-state index is 12.3. The first-order valence-corrected chi connectivity index (χ1v) is 8.72. The van der Waals surface area contributed by atoms with Crippen molar-refractivity contribution in [3.63, 3.8) is 0 Å². The second kappa shape index (κ2) is 8.07. The Kier molecular flexibility index (Phi) is 5.60. The maximum absolute atomic E-state index is 12.3. The quantitative estimate of drug-likeness (QED) is 0.760. The molecule has 8 nitrogen and oxygen atoms in total. The molecule has 2 amide bonds. The molecule has 1 saturated heterocycles. The van der Waals surface area contributed by atoms with Crippen LogP contribution in [0.15, 0.2) is 18.2 Å². The van der Waals surface area contributed by atoms with Gasteiger partial charge in [-0.2, -0.15) is 0 Å². The first-order chi connectivity index (χ1) is 12.6. The number of anilines is 1. The highest BCUT2D eigenvalue weighted by Crippen LogP contribution is 2.35. The standard InChI is InChI=1S/C18H22N2O6/c1-2-24-18(23)6-5-16(21)19-12-9-17(22)20(11-12)13-3-4-14-15(10-13)26-8-7-25-14/h3-4,10,12H,2,5-9,11H2,1H3,(H,19,21)/t12-/m0/s1. The van der Waals surface area contributed by atoms with Crippen molar-refractivity contribution in [3.05, 3.63) is 18.2 Å². The number of fused-ring (bicyclic) bond motifs is 1. The molecule has 26 heavy (non-hydrogen) atoms. The fraction of sp³-hybridized carbons (Fsp3) is 0.500. The SMILES string of the molecule is CCOC(=O)CCC(=O)N[C@H]1CC(=O)N(c2ccc3c(c2)OCCO3)C1. The lowest BCUT2D eigenvalue weighted by Crippen LogP contribution is -2.37. The Labute approximate surface area is 151 Å². The van der Waals surface area contributed by atoms with E-state index in [2.05, 4.69) is 5.32 Å². The van der Waals surface area contributed by atoms with E-state index in [-0.39, 0.29) is 37.1 Å². The van der Waals surface area contributed by atoms with Gasteiger partial charge in [-0.1, -0.05) is 0 Å². The smallest absolute Gasteiger partial charge is 0.306 e. The largest absolute Gasteiger partial charge is 0.486 e. The molecule has 0 unspecified atom stereocenters. The molecule has 1 N–H and O–H groups in total. The lowest BCUT2D eigenvalue weighted by molar-refractivity contribution is -0.144. The molecule has 1 atom stereocenters. The van der Waals surface area contributed by atoms with Gasteiger partial charge in [-0.15, -0.1) is 0 Å². The molecule has 2 heterocycles. The summed E-state index contributed by atoms with van der Waals surface area (Å²) in [7, 11) is 0. The van der Waals surface area contributed by atoms with Crippen molar-refractivity contribution in [1.29, 1.82) is 0 Å². The van der Waals surface area contributed by atoms with Gasteiger partial charge in [0.1, 0.15) is 13.2 Å². The number of nitrogens with one attached hydrogen (secondary N) is 1. The molecule has 0 bridgehead atoms. The molecule has 8 heteroatoms. The minimum absolute atomic E-state index is 0.0339. The predicted molar refractivity (Wildman–Crippen MR) is 92.2 cm³/mol. The zero-order valence-corrected chi connectivity index (χ0v) is 14.7. The minimum Gasteiger partial charge on any atom is -0.486 e. The molecular formula is C18H22N2O6. The normalized spacial score (nSPS) is 18.6. The van der Waals surface area contributed by atoms with Crippen molar-refractivity contribution in [2.45, 2.75) is 32.2 Å². The summed E-state index contributed by atoms with van der Waals surface area (Å²) in [6.45, 7) is 3.37. The summed E-state index contributed by atoms with van der Waals surface area (Å²) in [6, 6.07) is 5.07. The van der Waals surface area contributed by atoms with E-state index in [1.54, 1.807) is 30.0 Å². The van der Waals surface area contributed by atoms with E-state index < -0.39 is 5.97 Å². The van der Waals surface area contributed by atoms with Crippen LogP contribution < -0.4 is 19.7 Å². The van der Waals surface area contributed by atoms with Gasteiger partial charge in [0.25, 0.3) is 0 Å². The molecule has 3 rings (SSSR count). The number of hydrogen-bond donors (Lipinski definition) is 1. The fourth-order valence-electron chi connectivity index (χ4n) is 3.00. The average molecular weight is 362 g/mol. The van der Waals surface area contributed by atoms with Gasteiger partial charge in [-0.3, -0.25) is 14.4 Å². The van der Waals surface area contributed by atoms with Gasteiger partial charge in [0.15, 0.2) is 11.5 Å². The van der Waals surface area contributed by atoms with Crippen molar-refractivity contribution in [2.24, 2.45) is 0 Å². The van der Waals surface area contributed by atoms with Crippen LogP contribution in [0.2, 0.25) is 0 Å². The van der Waals surface area contributed by atoms with Crippen LogP contribution in [0.5, 0.6) is 11.5 Å². The molecule has 0 aromatic heterocycles. The van der Waals surface area contributed by atoms with Crippen molar-refractivity contribution >= 4 is 23.5 Å². The minimum atomic E-state index is -0.400. The van der Waals surface area contributed by atoms with E-state index in [1.165, 1.54) is 0 Å². The number of nitrogens with zero attached hydrogens (tertiary/aromatic N) is 1. The van der Waals surface area contributed by atoms with Gasteiger partial charge in [0, 0.05) is 31.1 Å². The number of hydrogen-bond acceptors (Lipinski definition) is 6. The number of rotatable bonds is 6. The third-order valence-electron chi connectivity index (χ3n) is 4.19. The van der Waals surface area contributed by atoms with Crippen LogP contribution in [0.25, 0.3) is 0 Å². The van der Waals surface area contributed by atoms with Crippen molar-refractivity contribution in [1.82, 2.24) is 5.32 Å². The van der Waals surface area contributed by atoms with E-state index in [4.69, 9.17) is 14.2 Å². The number of carbonyl (C=O) groups excluding carboxylic acids is 3. The van der Waals surface area contributed by atoms with E-state index in [1.807, 2.05) is 0 Å². The molecule has 0 aliphatic carbocycles. The van der Waals surface area contributed by atoms with Crippen molar-refractivity contribution in [2.75, 3.05) is 31.3 Å². The Hall–Kier alpha value is -2.77. The van der Waals surface area contributed by atoms with Crippen LogP contribution in [0, 0.1) is 0 Å². The van der Waals surface area contributed by atoms with Crippen molar-refractivity contribution in [3.8, 4) is 11.5 Å². The summed E-state index contributed by atoms with van der Waals surface area (Å²) in [4.78, 5) is 37.2. The number of benzene rings is 1. The molecule has 2 aliphatic rings. The first-order valence-electron chi connectivity index (χ1n) is 8.72. The molecule has 1 fully saturated rings. The van der Waals surface area contributed by atoms with E-state index in [9.17, 15) is 14.4 Å². The number of carbonyl (C=O) groups is 3.